The van der Waals surface area contributed by atoms with Gasteiger partial charge in [-0.15, -0.1) is 0 Å². The van der Waals surface area contributed by atoms with E-state index in [1.807, 2.05) is 0 Å². The molecule has 118 valence electrons. The van der Waals surface area contributed by atoms with Crippen LogP contribution in [0.2, 0.25) is 0 Å². The maximum Gasteiger partial charge on any atom is 1.00 e. The smallest absolute Gasteiger partial charge is 0.423 e. The minimum atomic E-state index is -4.67. The third kappa shape index (κ3) is 6.29. The number of carbonyl (C=O) groups excluding carboxylic acids is 3. The van der Waals surface area contributed by atoms with Crippen LogP contribution in [0.5, 0.6) is 0 Å². The second-order valence-corrected chi connectivity index (χ2v) is 5.16. The number of carbonyl (C=O) groups is 3. The van der Waals surface area contributed by atoms with Crippen molar-refractivity contribution in [1.29, 1.82) is 0 Å². The van der Waals surface area contributed by atoms with E-state index in [9.17, 15) is 14.4 Å². The van der Waals surface area contributed by atoms with Crippen molar-refractivity contribution in [3.05, 3.63) is 17.0 Å². The zero-order valence-electron chi connectivity index (χ0n) is 11.5. The summed E-state index contributed by atoms with van der Waals surface area (Å²) in [6, 6.07) is -1.65. The third-order valence-electron chi connectivity index (χ3n) is 2.69. The molecular formula is C9H13N4NaO7S. The molecule has 0 unspecified atom stereocenters. The van der Waals surface area contributed by atoms with E-state index >= 15 is 0 Å². The number of nitrogens with two attached hydrogens (primary N) is 2. The topological polar surface area (TPSA) is 195 Å². The number of amides is 4. The number of urea groups is 1. The number of fused-ring (bicyclic) bond motifs is 2. The number of primary amides is 2. The van der Waals surface area contributed by atoms with Crippen LogP contribution in [0.3, 0.4) is 0 Å². The summed E-state index contributed by atoms with van der Waals surface area (Å²) in [6.07, 6.45) is 1.51. The van der Waals surface area contributed by atoms with Gasteiger partial charge in [-0.1, -0.05) is 11.6 Å². The van der Waals surface area contributed by atoms with Crippen molar-refractivity contribution < 1.29 is 61.5 Å². The molecule has 1 fully saturated rings. The zero-order valence-corrected chi connectivity index (χ0v) is 14.4. The average Bonchev–Trinajstić information content (AvgIpc) is 2.58. The Bertz CT molecular complexity index is 597. The molecule has 0 aromatic rings. The Balaban J connectivity index is 0.000000644. The molecule has 2 aliphatic heterocycles. The predicted octanol–water partition coefficient (Wildman–Crippen LogP) is -4.82. The van der Waals surface area contributed by atoms with Crippen LogP contribution < -0.4 is 41.0 Å². The minimum absolute atomic E-state index is 0. The van der Waals surface area contributed by atoms with E-state index in [4.69, 9.17) is 29.0 Å². The fourth-order valence-electron chi connectivity index (χ4n) is 1.96. The molecule has 0 aromatic heterocycles. The van der Waals surface area contributed by atoms with E-state index in [1.165, 1.54) is 11.0 Å². The summed E-state index contributed by atoms with van der Waals surface area (Å²) >= 11 is 0. The Morgan fingerprint density at radius 2 is 1.86 bits per heavy atom. The first-order valence-corrected chi connectivity index (χ1v) is 6.88. The average molecular weight is 344 g/mol. The van der Waals surface area contributed by atoms with Gasteiger partial charge in [-0.3, -0.25) is 23.5 Å². The van der Waals surface area contributed by atoms with E-state index in [2.05, 4.69) is 5.32 Å². The summed E-state index contributed by atoms with van der Waals surface area (Å²) in [5, 5.41) is 3.82. The van der Waals surface area contributed by atoms with Gasteiger partial charge >= 0.3 is 40.0 Å². The fraction of sp³-hybridized carbons (Fsp3) is 0.444. The minimum Gasteiger partial charge on any atom is -0.423 e. The van der Waals surface area contributed by atoms with E-state index in [0.29, 0.717) is 12.1 Å². The van der Waals surface area contributed by atoms with Crippen LogP contribution in [0.15, 0.2) is 11.6 Å². The first-order valence-electron chi connectivity index (χ1n) is 5.48. The Hall–Kier alpha value is -1.18. The number of hydrogen-bond donors (Lipinski definition) is 4. The number of nitrogens with zero attached hydrogens (tertiary/aromatic N) is 2. The first-order chi connectivity index (χ1) is 9.49. The van der Waals surface area contributed by atoms with Gasteiger partial charge in [-0.25, -0.2) is 0 Å². The van der Waals surface area contributed by atoms with Crippen molar-refractivity contribution in [2.45, 2.75) is 18.5 Å². The summed E-state index contributed by atoms with van der Waals surface area (Å²) in [5.74, 6) is -1.15. The van der Waals surface area contributed by atoms with E-state index in [1.54, 1.807) is 0 Å². The molecule has 0 aliphatic carbocycles. The molecule has 0 radical (unpaired) electrons. The zero-order chi connectivity index (χ0) is 16.4. The molecule has 0 spiro atoms. The van der Waals surface area contributed by atoms with Gasteiger partial charge < -0.3 is 21.7 Å². The van der Waals surface area contributed by atoms with Crippen molar-refractivity contribution in [3.63, 3.8) is 0 Å². The molecule has 0 aromatic carbocycles. The summed E-state index contributed by atoms with van der Waals surface area (Å²) in [5.41, 5.74) is 10.8. The predicted molar refractivity (Wildman–Crippen MR) is 68.3 cm³/mol. The molecule has 11 nitrogen and oxygen atoms in total. The van der Waals surface area contributed by atoms with Crippen molar-refractivity contribution in [1.82, 2.24) is 4.90 Å². The Labute approximate surface area is 147 Å². The Kier molecular flexibility index (Phi) is 7.47. The number of rotatable bonds is 3. The van der Waals surface area contributed by atoms with Crippen LogP contribution >= 0.6 is 0 Å². The number of hydrogen-bond acceptors (Lipinski definition) is 5. The van der Waals surface area contributed by atoms with Gasteiger partial charge in [0, 0.05) is 6.42 Å². The van der Waals surface area contributed by atoms with Crippen LogP contribution in [0.1, 0.15) is 6.42 Å². The second kappa shape index (κ2) is 7.89. The standard InChI is InChI=1S/C9H12N4O3.Na.H2O4S/c10-7(14)2-4-1-6(8(11)15)13-3-5(4)12-9(13)16;;1-5(2,3)4/h1,5-6H,2-3H2,(H5,10,11,12,14,15,16);;(H2,1,2,3,4)/q;+1;/p-1/t5-,6-;;/m0../s1. The van der Waals surface area contributed by atoms with Gasteiger partial charge in [0.1, 0.15) is 0 Å². The van der Waals surface area contributed by atoms with E-state index in [0.717, 1.165) is 0 Å². The maximum absolute atomic E-state index is 11.4. The SMILES string of the molecule is NC(=O)CC1=C[C@@H](C(N)=O)N2C[C@@H]1[N-]C2=O.O=S(=O)(O)O.[Na+]. The second-order valence-electron chi connectivity index (χ2n) is 4.26. The van der Waals surface area contributed by atoms with Crippen molar-refractivity contribution in [2.75, 3.05) is 6.54 Å². The largest absolute Gasteiger partial charge is 1.00 e. The molecule has 2 heterocycles. The van der Waals surface area contributed by atoms with E-state index < -0.39 is 34.3 Å². The van der Waals surface area contributed by atoms with Gasteiger partial charge in [-0.05, 0) is 12.6 Å². The quantitative estimate of drug-likeness (QED) is 0.224. The van der Waals surface area contributed by atoms with Gasteiger partial charge in [0.25, 0.3) is 0 Å². The Morgan fingerprint density at radius 3 is 2.27 bits per heavy atom. The van der Waals surface area contributed by atoms with Crippen LogP contribution in [0.25, 0.3) is 5.32 Å². The molecule has 22 heavy (non-hydrogen) atoms. The molecule has 4 amide bonds. The maximum atomic E-state index is 11.4. The van der Waals surface area contributed by atoms with Crippen molar-refractivity contribution in [3.8, 4) is 0 Å². The molecule has 0 saturated carbocycles. The molecule has 2 atom stereocenters. The van der Waals surface area contributed by atoms with Crippen molar-refractivity contribution in [2.24, 2.45) is 11.5 Å². The monoisotopic (exact) mass is 344 g/mol. The van der Waals surface area contributed by atoms with Crippen molar-refractivity contribution >= 4 is 28.2 Å². The van der Waals surface area contributed by atoms with Gasteiger partial charge in [0.15, 0.2) is 6.03 Å². The van der Waals surface area contributed by atoms with Crippen LogP contribution in [-0.4, -0.2) is 58.9 Å². The normalized spacial score (nSPS) is 22.5. The first kappa shape index (κ1) is 20.8. The summed E-state index contributed by atoms with van der Waals surface area (Å²) in [6.45, 7) is 0.297. The van der Waals surface area contributed by atoms with Gasteiger partial charge in [0.05, 0.1) is 6.04 Å². The Morgan fingerprint density at radius 1 is 1.36 bits per heavy atom. The summed E-state index contributed by atoms with van der Waals surface area (Å²) < 4.78 is 31.6. The molecule has 1 saturated heterocycles. The third-order valence-corrected chi connectivity index (χ3v) is 2.69. The molecule has 6 N–H and O–H groups in total. The van der Waals surface area contributed by atoms with Gasteiger partial charge in [-0.2, -0.15) is 8.42 Å². The molecular weight excluding hydrogens is 331 g/mol. The van der Waals surface area contributed by atoms with E-state index in [-0.39, 0.29) is 42.0 Å². The van der Waals surface area contributed by atoms with Crippen LogP contribution in [-0.2, 0) is 20.0 Å². The summed E-state index contributed by atoms with van der Waals surface area (Å²) in [4.78, 5) is 34.7. The van der Waals surface area contributed by atoms with Gasteiger partial charge in [0.2, 0.25) is 11.8 Å². The molecule has 2 aliphatic rings. The van der Waals surface area contributed by atoms with Crippen LogP contribution in [0.4, 0.5) is 4.79 Å². The molecule has 13 heteroatoms. The summed E-state index contributed by atoms with van der Waals surface area (Å²) in [7, 11) is -4.67. The fourth-order valence-corrected chi connectivity index (χ4v) is 1.96. The molecule has 2 rings (SSSR count). The molecule has 2 bridgehead atoms. The van der Waals surface area contributed by atoms with Crippen LogP contribution in [0, 0.1) is 0 Å².